The SMILES string of the molecule is O=C(CCN1C(=O)[C@@H]2CCCC[C@H]2C1=O)Nc1ccc(Nc2ccccc2)cc1. The third-order valence-electron chi connectivity index (χ3n) is 5.73. The Balaban J connectivity index is 1.28. The first-order chi connectivity index (χ1) is 14.1. The molecule has 29 heavy (non-hydrogen) atoms. The van der Waals surface area contributed by atoms with Gasteiger partial charge in [-0.15, -0.1) is 0 Å². The summed E-state index contributed by atoms with van der Waals surface area (Å²) in [6, 6.07) is 17.3. The van der Waals surface area contributed by atoms with Crippen molar-refractivity contribution < 1.29 is 14.4 Å². The zero-order valence-corrected chi connectivity index (χ0v) is 16.3. The number of nitrogens with zero attached hydrogens (tertiary/aromatic N) is 1. The van der Waals surface area contributed by atoms with E-state index in [0.29, 0.717) is 5.69 Å². The number of imide groups is 1. The third-order valence-corrected chi connectivity index (χ3v) is 5.73. The van der Waals surface area contributed by atoms with Crippen molar-refractivity contribution in [1.29, 1.82) is 0 Å². The highest BCUT2D eigenvalue weighted by Gasteiger charge is 2.47. The molecule has 2 N–H and O–H groups in total. The van der Waals surface area contributed by atoms with Crippen LogP contribution in [0.2, 0.25) is 0 Å². The molecule has 0 bridgehead atoms. The van der Waals surface area contributed by atoms with Crippen molar-refractivity contribution in [2.24, 2.45) is 11.8 Å². The van der Waals surface area contributed by atoms with Crippen LogP contribution in [0, 0.1) is 11.8 Å². The molecule has 6 nitrogen and oxygen atoms in total. The smallest absolute Gasteiger partial charge is 0.233 e. The first-order valence-corrected chi connectivity index (χ1v) is 10.2. The Hall–Kier alpha value is -3.15. The molecule has 0 aromatic heterocycles. The van der Waals surface area contributed by atoms with Crippen molar-refractivity contribution in [3.8, 4) is 0 Å². The molecule has 150 valence electrons. The molecule has 1 saturated carbocycles. The number of hydrogen-bond donors (Lipinski definition) is 2. The van der Waals surface area contributed by atoms with Crippen molar-refractivity contribution in [2.75, 3.05) is 17.2 Å². The van der Waals surface area contributed by atoms with Crippen LogP contribution in [0.4, 0.5) is 17.1 Å². The molecule has 6 heteroatoms. The lowest BCUT2D eigenvalue weighted by Crippen LogP contribution is -2.34. The highest BCUT2D eigenvalue weighted by atomic mass is 16.2. The number of nitrogens with one attached hydrogen (secondary N) is 2. The van der Waals surface area contributed by atoms with Crippen molar-refractivity contribution in [2.45, 2.75) is 32.1 Å². The molecule has 0 spiro atoms. The van der Waals surface area contributed by atoms with Crippen LogP contribution >= 0.6 is 0 Å². The lowest BCUT2D eigenvalue weighted by atomic mass is 9.81. The number of para-hydroxylation sites is 1. The standard InChI is InChI=1S/C23H25N3O3/c27-21(14-15-26-22(28)19-8-4-5-9-20(19)23(26)29)25-18-12-10-17(11-13-18)24-16-6-2-1-3-7-16/h1-3,6-7,10-13,19-20,24H,4-5,8-9,14-15H2,(H,25,27)/t19-,20-/m1/s1. The average Bonchev–Trinajstić information content (AvgIpc) is 2.99. The first-order valence-electron chi connectivity index (χ1n) is 10.2. The van der Waals surface area contributed by atoms with Crippen LogP contribution in [-0.4, -0.2) is 29.2 Å². The second kappa shape index (κ2) is 8.47. The summed E-state index contributed by atoms with van der Waals surface area (Å²) in [5.41, 5.74) is 2.59. The second-order valence-corrected chi connectivity index (χ2v) is 7.69. The van der Waals surface area contributed by atoms with Gasteiger partial charge in [-0.25, -0.2) is 0 Å². The zero-order chi connectivity index (χ0) is 20.2. The topological polar surface area (TPSA) is 78.5 Å². The van der Waals surface area contributed by atoms with Gasteiger partial charge in [-0.2, -0.15) is 0 Å². The normalized spacial score (nSPS) is 21.0. The van der Waals surface area contributed by atoms with E-state index in [1.165, 1.54) is 4.90 Å². The van der Waals surface area contributed by atoms with Crippen molar-refractivity contribution in [3.05, 3.63) is 54.6 Å². The molecule has 1 heterocycles. The summed E-state index contributed by atoms with van der Waals surface area (Å²) < 4.78 is 0. The van der Waals surface area contributed by atoms with Gasteiger partial charge in [-0.3, -0.25) is 19.3 Å². The molecule has 2 aliphatic rings. The molecule has 1 aliphatic carbocycles. The Labute approximate surface area is 170 Å². The minimum atomic E-state index is -0.204. The number of carbonyl (C=O) groups is 3. The Morgan fingerprint density at radius 3 is 2.00 bits per heavy atom. The van der Waals surface area contributed by atoms with Crippen LogP contribution in [0.3, 0.4) is 0 Å². The molecule has 2 aromatic carbocycles. The number of anilines is 3. The van der Waals surface area contributed by atoms with Crippen molar-refractivity contribution in [1.82, 2.24) is 4.90 Å². The van der Waals surface area contributed by atoms with Gasteiger partial charge in [0.25, 0.3) is 0 Å². The second-order valence-electron chi connectivity index (χ2n) is 7.69. The number of benzene rings is 2. The van der Waals surface area contributed by atoms with E-state index in [1.54, 1.807) is 0 Å². The average molecular weight is 391 g/mol. The molecule has 1 aliphatic heterocycles. The minimum absolute atomic E-state index is 0.0937. The van der Waals surface area contributed by atoms with Crippen molar-refractivity contribution >= 4 is 34.8 Å². The van der Waals surface area contributed by atoms with Gasteiger partial charge in [-0.1, -0.05) is 31.0 Å². The van der Waals surface area contributed by atoms with Gasteiger partial charge in [0.2, 0.25) is 17.7 Å². The van der Waals surface area contributed by atoms with Crippen LogP contribution in [0.1, 0.15) is 32.1 Å². The summed E-state index contributed by atoms with van der Waals surface area (Å²) in [5, 5.41) is 6.12. The number of likely N-dealkylation sites (tertiary alicyclic amines) is 1. The van der Waals surface area contributed by atoms with E-state index in [1.807, 2.05) is 54.6 Å². The molecule has 2 atom stereocenters. The number of hydrogen-bond acceptors (Lipinski definition) is 4. The van der Waals surface area contributed by atoms with E-state index < -0.39 is 0 Å². The summed E-state index contributed by atoms with van der Waals surface area (Å²) in [5.74, 6) is -0.718. The number of carbonyl (C=O) groups excluding carboxylic acids is 3. The van der Waals surface area contributed by atoms with Crippen LogP contribution < -0.4 is 10.6 Å². The quantitative estimate of drug-likeness (QED) is 0.731. The van der Waals surface area contributed by atoms with Gasteiger partial charge in [0.1, 0.15) is 0 Å². The summed E-state index contributed by atoms with van der Waals surface area (Å²) in [4.78, 5) is 38.5. The molecule has 4 rings (SSSR count). The number of amides is 3. The molecule has 2 fully saturated rings. The molecule has 3 amide bonds. The van der Waals surface area contributed by atoms with E-state index in [9.17, 15) is 14.4 Å². The maximum absolute atomic E-state index is 12.5. The fourth-order valence-corrected chi connectivity index (χ4v) is 4.21. The maximum Gasteiger partial charge on any atom is 0.233 e. The Morgan fingerprint density at radius 2 is 1.38 bits per heavy atom. The lowest BCUT2D eigenvalue weighted by molar-refractivity contribution is -0.140. The van der Waals surface area contributed by atoms with Crippen LogP contribution in [-0.2, 0) is 14.4 Å². The predicted octanol–water partition coefficient (Wildman–Crippen LogP) is 3.93. The van der Waals surface area contributed by atoms with Gasteiger partial charge in [0.05, 0.1) is 11.8 Å². The first kappa shape index (κ1) is 19.2. The molecule has 0 radical (unpaired) electrons. The van der Waals surface area contributed by atoms with Crippen LogP contribution in [0.15, 0.2) is 54.6 Å². The predicted molar refractivity (Wildman–Crippen MR) is 112 cm³/mol. The van der Waals surface area contributed by atoms with Gasteiger partial charge in [-0.05, 0) is 49.2 Å². The molecule has 0 unspecified atom stereocenters. The summed E-state index contributed by atoms with van der Waals surface area (Å²) in [6.07, 6.45) is 3.71. The van der Waals surface area contributed by atoms with Crippen LogP contribution in [0.5, 0.6) is 0 Å². The molecule has 1 saturated heterocycles. The fourth-order valence-electron chi connectivity index (χ4n) is 4.21. The van der Waals surface area contributed by atoms with E-state index in [-0.39, 0.29) is 42.5 Å². The Kier molecular flexibility index (Phi) is 5.60. The summed E-state index contributed by atoms with van der Waals surface area (Å²) in [7, 11) is 0. The minimum Gasteiger partial charge on any atom is -0.356 e. The van der Waals surface area contributed by atoms with E-state index >= 15 is 0 Å². The number of fused-ring (bicyclic) bond motifs is 1. The van der Waals surface area contributed by atoms with Crippen LogP contribution in [0.25, 0.3) is 0 Å². The molecular formula is C23H25N3O3. The molecular weight excluding hydrogens is 366 g/mol. The largest absolute Gasteiger partial charge is 0.356 e. The fraction of sp³-hybridized carbons (Fsp3) is 0.348. The van der Waals surface area contributed by atoms with Gasteiger partial charge >= 0.3 is 0 Å². The van der Waals surface area contributed by atoms with Gasteiger partial charge in [0, 0.05) is 30.0 Å². The third kappa shape index (κ3) is 4.31. The van der Waals surface area contributed by atoms with Gasteiger partial charge in [0.15, 0.2) is 0 Å². The van der Waals surface area contributed by atoms with Crippen molar-refractivity contribution in [3.63, 3.8) is 0 Å². The van der Waals surface area contributed by atoms with E-state index in [2.05, 4.69) is 10.6 Å². The maximum atomic E-state index is 12.5. The highest BCUT2D eigenvalue weighted by Crippen LogP contribution is 2.38. The monoisotopic (exact) mass is 391 g/mol. The van der Waals surface area contributed by atoms with E-state index in [4.69, 9.17) is 0 Å². The Bertz CT molecular complexity index is 871. The van der Waals surface area contributed by atoms with E-state index in [0.717, 1.165) is 37.1 Å². The van der Waals surface area contributed by atoms with Gasteiger partial charge < -0.3 is 10.6 Å². The zero-order valence-electron chi connectivity index (χ0n) is 16.3. The lowest BCUT2D eigenvalue weighted by Gasteiger charge is -2.19. The summed E-state index contributed by atoms with van der Waals surface area (Å²) >= 11 is 0. The molecule has 2 aromatic rings. The highest BCUT2D eigenvalue weighted by molar-refractivity contribution is 6.05. The summed E-state index contributed by atoms with van der Waals surface area (Å²) in [6.45, 7) is 0.157. The number of rotatable bonds is 6. The Morgan fingerprint density at radius 1 is 0.828 bits per heavy atom.